The Morgan fingerprint density at radius 2 is 2.31 bits per heavy atom. The van der Waals surface area contributed by atoms with Gasteiger partial charge in [-0.2, -0.15) is 5.10 Å². The van der Waals surface area contributed by atoms with Gasteiger partial charge in [-0.1, -0.05) is 12.1 Å². The maximum atomic E-state index is 10.6. The molecule has 3 N–H and O–H groups in total. The molecule has 0 heterocycles. The fraction of sp³-hybridized carbons (Fsp3) is 0.111. The standard InChI is InChI=1S/C9H10N4O3/c1-6-2-3-7(4-8(6)13(15)16)5-11-12-9(10)14/h2-5H,1H3,(H3,10,12,14)/b11-5-. The fourth-order valence-corrected chi connectivity index (χ4v) is 1.07. The van der Waals surface area contributed by atoms with Crippen LogP contribution in [0.15, 0.2) is 23.3 Å². The van der Waals surface area contributed by atoms with E-state index in [1.54, 1.807) is 19.1 Å². The highest BCUT2D eigenvalue weighted by molar-refractivity contribution is 5.82. The zero-order valence-electron chi connectivity index (χ0n) is 8.51. The smallest absolute Gasteiger partial charge is 0.332 e. The minimum Gasteiger partial charge on any atom is -0.350 e. The molecule has 1 aromatic carbocycles. The predicted octanol–water partition coefficient (Wildman–Crippen LogP) is 0.905. The third kappa shape index (κ3) is 3.05. The number of benzene rings is 1. The van der Waals surface area contributed by atoms with Crippen LogP contribution in [0.1, 0.15) is 11.1 Å². The number of nitro groups is 1. The second-order valence-corrected chi connectivity index (χ2v) is 3.04. The molecule has 0 unspecified atom stereocenters. The maximum Gasteiger partial charge on any atom is 0.332 e. The van der Waals surface area contributed by atoms with Crippen molar-refractivity contribution in [3.8, 4) is 0 Å². The molecular formula is C9H10N4O3. The molecule has 1 rings (SSSR count). The van der Waals surface area contributed by atoms with E-state index in [4.69, 9.17) is 5.73 Å². The van der Waals surface area contributed by atoms with E-state index in [-0.39, 0.29) is 5.69 Å². The van der Waals surface area contributed by atoms with E-state index in [0.29, 0.717) is 11.1 Å². The lowest BCUT2D eigenvalue weighted by atomic mass is 10.1. The molecule has 0 saturated carbocycles. The number of urea groups is 1. The van der Waals surface area contributed by atoms with E-state index in [1.807, 2.05) is 5.43 Å². The molecule has 0 fully saturated rings. The second-order valence-electron chi connectivity index (χ2n) is 3.04. The highest BCUT2D eigenvalue weighted by atomic mass is 16.6. The molecule has 0 aromatic heterocycles. The van der Waals surface area contributed by atoms with Crippen molar-refractivity contribution in [2.24, 2.45) is 10.8 Å². The summed E-state index contributed by atoms with van der Waals surface area (Å²) in [5, 5.41) is 14.1. The van der Waals surface area contributed by atoms with Crippen LogP contribution in [-0.2, 0) is 0 Å². The van der Waals surface area contributed by atoms with Crippen LogP contribution in [0.4, 0.5) is 10.5 Å². The van der Waals surface area contributed by atoms with Crippen LogP contribution in [-0.4, -0.2) is 17.2 Å². The van der Waals surface area contributed by atoms with Gasteiger partial charge in [-0.25, -0.2) is 10.2 Å². The molecule has 0 aliphatic rings. The topological polar surface area (TPSA) is 111 Å². The SMILES string of the molecule is Cc1ccc(/C=N\NC(N)=O)cc1[N+](=O)[O-]. The Morgan fingerprint density at radius 1 is 1.62 bits per heavy atom. The van der Waals surface area contributed by atoms with Crippen LogP contribution in [0.3, 0.4) is 0 Å². The summed E-state index contributed by atoms with van der Waals surface area (Å²) in [6.45, 7) is 1.64. The maximum absolute atomic E-state index is 10.6. The molecule has 0 aliphatic carbocycles. The van der Waals surface area contributed by atoms with Crippen LogP contribution < -0.4 is 11.2 Å². The van der Waals surface area contributed by atoms with Gasteiger partial charge in [0.1, 0.15) is 0 Å². The number of hydrazone groups is 1. The Kier molecular flexibility index (Phi) is 3.54. The summed E-state index contributed by atoms with van der Waals surface area (Å²) in [6, 6.07) is 3.82. The average molecular weight is 222 g/mol. The van der Waals surface area contributed by atoms with Gasteiger partial charge in [0.05, 0.1) is 11.1 Å². The first-order valence-corrected chi connectivity index (χ1v) is 4.34. The molecule has 7 heteroatoms. The Morgan fingerprint density at radius 3 is 2.88 bits per heavy atom. The first-order chi connectivity index (χ1) is 7.50. The van der Waals surface area contributed by atoms with Crippen molar-refractivity contribution in [2.75, 3.05) is 0 Å². The Bertz CT molecular complexity index is 456. The van der Waals surface area contributed by atoms with Crippen molar-refractivity contribution in [3.05, 3.63) is 39.4 Å². The zero-order valence-corrected chi connectivity index (χ0v) is 8.51. The number of hydrogen-bond acceptors (Lipinski definition) is 4. The van der Waals surface area contributed by atoms with Gasteiger partial charge in [-0.15, -0.1) is 0 Å². The van der Waals surface area contributed by atoms with Crippen LogP contribution >= 0.6 is 0 Å². The number of nitrogens with zero attached hydrogens (tertiary/aromatic N) is 2. The number of rotatable bonds is 3. The van der Waals surface area contributed by atoms with Crippen LogP contribution in [0, 0.1) is 17.0 Å². The van der Waals surface area contributed by atoms with E-state index in [9.17, 15) is 14.9 Å². The number of amides is 2. The van der Waals surface area contributed by atoms with E-state index in [2.05, 4.69) is 5.10 Å². The van der Waals surface area contributed by atoms with Crippen molar-refractivity contribution in [3.63, 3.8) is 0 Å². The van der Waals surface area contributed by atoms with E-state index >= 15 is 0 Å². The quantitative estimate of drug-likeness (QED) is 0.450. The Hall–Kier alpha value is -2.44. The lowest BCUT2D eigenvalue weighted by Gasteiger charge is -1.98. The number of carbonyl (C=O) groups excluding carboxylic acids is 1. The summed E-state index contributed by atoms with van der Waals surface area (Å²) in [7, 11) is 0. The summed E-state index contributed by atoms with van der Waals surface area (Å²) in [5.74, 6) is 0. The van der Waals surface area contributed by atoms with Gasteiger partial charge in [0.2, 0.25) is 0 Å². The lowest BCUT2D eigenvalue weighted by molar-refractivity contribution is -0.385. The molecule has 84 valence electrons. The summed E-state index contributed by atoms with van der Waals surface area (Å²) < 4.78 is 0. The van der Waals surface area contributed by atoms with E-state index in [1.165, 1.54) is 12.3 Å². The van der Waals surface area contributed by atoms with Gasteiger partial charge in [0.25, 0.3) is 5.69 Å². The van der Waals surface area contributed by atoms with E-state index < -0.39 is 11.0 Å². The molecular weight excluding hydrogens is 212 g/mol. The third-order valence-corrected chi connectivity index (χ3v) is 1.82. The van der Waals surface area contributed by atoms with Gasteiger partial charge >= 0.3 is 6.03 Å². The normalized spacial score (nSPS) is 10.3. The number of carbonyl (C=O) groups is 1. The van der Waals surface area contributed by atoms with Crippen LogP contribution in [0.5, 0.6) is 0 Å². The summed E-state index contributed by atoms with van der Waals surface area (Å²) in [4.78, 5) is 20.5. The molecule has 0 saturated heterocycles. The summed E-state index contributed by atoms with van der Waals surface area (Å²) >= 11 is 0. The van der Waals surface area contributed by atoms with Crippen LogP contribution in [0.25, 0.3) is 0 Å². The zero-order chi connectivity index (χ0) is 12.1. The van der Waals surface area contributed by atoms with Crippen molar-refractivity contribution in [1.82, 2.24) is 5.43 Å². The molecule has 0 atom stereocenters. The molecule has 0 bridgehead atoms. The van der Waals surface area contributed by atoms with Crippen molar-refractivity contribution in [1.29, 1.82) is 0 Å². The predicted molar refractivity (Wildman–Crippen MR) is 58.1 cm³/mol. The number of nitrogens with two attached hydrogens (primary N) is 1. The van der Waals surface area contributed by atoms with Gasteiger partial charge in [-0.05, 0) is 6.92 Å². The minimum absolute atomic E-state index is 0.00280. The summed E-state index contributed by atoms with van der Waals surface area (Å²) in [6.07, 6.45) is 1.27. The number of hydrogen-bond donors (Lipinski definition) is 2. The average Bonchev–Trinajstić information content (AvgIpc) is 2.19. The van der Waals surface area contributed by atoms with Crippen molar-refractivity contribution >= 4 is 17.9 Å². The molecule has 0 spiro atoms. The third-order valence-electron chi connectivity index (χ3n) is 1.82. The first kappa shape index (κ1) is 11.6. The van der Waals surface area contributed by atoms with Crippen molar-refractivity contribution < 1.29 is 9.72 Å². The van der Waals surface area contributed by atoms with Crippen molar-refractivity contribution in [2.45, 2.75) is 6.92 Å². The monoisotopic (exact) mass is 222 g/mol. The lowest BCUT2D eigenvalue weighted by Crippen LogP contribution is -2.24. The van der Waals surface area contributed by atoms with Crippen LogP contribution in [0.2, 0.25) is 0 Å². The number of aryl methyl sites for hydroxylation is 1. The molecule has 0 radical (unpaired) electrons. The Balaban J connectivity index is 2.91. The van der Waals surface area contributed by atoms with Gasteiger partial charge in [-0.3, -0.25) is 10.1 Å². The number of nitrogens with one attached hydrogen (secondary N) is 1. The van der Waals surface area contributed by atoms with Gasteiger partial charge in [0, 0.05) is 17.2 Å². The highest BCUT2D eigenvalue weighted by Gasteiger charge is 2.09. The second kappa shape index (κ2) is 4.87. The molecule has 7 nitrogen and oxygen atoms in total. The van der Waals surface area contributed by atoms with E-state index in [0.717, 1.165) is 0 Å². The largest absolute Gasteiger partial charge is 0.350 e. The number of primary amides is 1. The number of nitro benzene ring substituents is 1. The molecule has 2 amide bonds. The highest BCUT2D eigenvalue weighted by Crippen LogP contribution is 2.18. The van der Waals surface area contributed by atoms with Gasteiger partial charge in [0.15, 0.2) is 0 Å². The first-order valence-electron chi connectivity index (χ1n) is 4.34. The fourth-order valence-electron chi connectivity index (χ4n) is 1.07. The van der Waals surface area contributed by atoms with Gasteiger partial charge < -0.3 is 5.73 Å². The Labute approximate surface area is 91.1 Å². The summed E-state index contributed by atoms with van der Waals surface area (Å²) in [5.41, 5.74) is 7.85. The molecule has 1 aromatic rings. The molecule has 0 aliphatic heterocycles. The molecule has 16 heavy (non-hydrogen) atoms. The minimum atomic E-state index is -0.794.